The van der Waals surface area contributed by atoms with Crippen LogP contribution in [-0.4, -0.2) is 44.4 Å². The second-order valence-corrected chi connectivity index (χ2v) is 5.35. The lowest BCUT2D eigenvalue weighted by Gasteiger charge is -2.00. The Balaban J connectivity index is 1.89. The van der Waals surface area contributed by atoms with Crippen LogP contribution in [0.25, 0.3) is 11.5 Å². The molecule has 0 bridgehead atoms. The number of hydrogen-bond donors (Lipinski definition) is 2. The van der Waals surface area contributed by atoms with E-state index in [0.29, 0.717) is 21.9 Å². The molecule has 0 aliphatic carbocycles. The fraction of sp³-hybridized carbons (Fsp3) is 0.133. The van der Waals surface area contributed by atoms with E-state index in [1.165, 1.54) is 11.8 Å². The second kappa shape index (κ2) is 6.59. The highest BCUT2D eigenvalue weighted by molar-refractivity contribution is 7.71. The number of carbonyl (C=O) groups is 1. The Hall–Kier alpha value is -3.07. The Morgan fingerprint density at radius 1 is 1.29 bits per heavy atom. The summed E-state index contributed by atoms with van der Waals surface area (Å²) < 4.78 is 6.50. The van der Waals surface area contributed by atoms with Crippen LogP contribution in [0.4, 0.5) is 0 Å². The van der Waals surface area contributed by atoms with Crippen LogP contribution in [0.1, 0.15) is 21.6 Å². The van der Waals surface area contributed by atoms with Gasteiger partial charge in [0.1, 0.15) is 5.69 Å². The molecule has 0 fully saturated rings. The summed E-state index contributed by atoms with van der Waals surface area (Å²) in [7, 11) is 1.34. The first kappa shape index (κ1) is 15.8. The maximum Gasteiger partial charge on any atom is 0.337 e. The van der Waals surface area contributed by atoms with Crippen LogP contribution in [0.3, 0.4) is 0 Å². The average Bonchev–Trinajstić information content (AvgIpc) is 3.18. The molecule has 8 nitrogen and oxygen atoms in total. The highest BCUT2D eigenvalue weighted by Gasteiger charge is 2.11. The van der Waals surface area contributed by atoms with Crippen LogP contribution >= 0.6 is 12.2 Å². The third kappa shape index (κ3) is 3.15. The molecule has 0 radical (unpaired) electrons. The van der Waals surface area contributed by atoms with Gasteiger partial charge in [-0.25, -0.2) is 9.89 Å². The van der Waals surface area contributed by atoms with E-state index in [9.17, 15) is 4.79 Å². The first-order chi connectivity index (χ1) is 11.6. The van der Waals surface area contributed by atoms with Crippen molar-refractivity contribution in [3.63, 3.8) is 0 Å². The molecular weight excluding hydrogens is 328 g/mol. The zero-order valence-corrected chi connectivity index (χ0v) is 13.8. The van der Waals surface area contributed by atoms with E-state index in [1.807, 2.05) is 13.0 Å². The molecule has 3 aromatic rings. The van der Waals surface area contributed by atoms with Crippen LogP contribution in [0.15, 0.2) is 35.4 Å². The molecule has 1 aromatic carbocycles. The number of benzene rings is 1. The normalized spacial score (nSPS) is 11.1. The number of aromatic amines is 2. The van der Waals surface area contributed by atoms with Gasteiger partial charge in [-0.15, -0.1) is 0 Å². The summed E-state index contributed by atoms with van der Waals surface area (Å²) >= 11 is 5.20. The molecule has 3 rings (SSSR count). The van der Waals surface area contributed by atoms with Crippen molar-refractivity contribution in [3.05, 3.63) is 51.9 Å². The summed E-state index contributed by atoms with van der Waals surface area (Å²) in [6.45, 7) is 1.90. The highest BCUT2D eigenvalue weighted by Crippen LogP contribution is 2.15. The molecule has 24 heavy (non-hydrogen) atoms. The van der Waals surface area contributed by atoms with Crippen LogP contribution in [0.2, 0.25) is 0 Å². The van der Waals surface area contributed by atoms with Gasteiger partial charge in [-0.2, -0.15) is 20.0 Å². The minimum atomic E-state index is -0.383. The molecule has 2 heterocycles. The fourth-order valence-electron chi connectivity index (χ4n) is 2.04. The van der Waals surface area contributed by atoms with E-state index in [1.54, 1.807) is 30.5 Å². The maximum absolute atomic E-state index is 11.4. The minimum Gasteiger partial charge on any atom is -0.465 e. The standard InChI is InChI=1S/C15H14N6O2S/c1-9-7-12(18-17-9)13-19-20-15(24)21(13)16-8-10-3-5-11(6-4-10)14(22)23-2/h3-8H,1-2H3,(H,17,18)(H,20,24)/b16-8+. The number of esters is 1. The number of nitrogens with one attached hydrogen (secondary N) is 2. The molecule has 0 aliphatic heterocycles. The van der Waals surface area contributed by atoms with Crippen molar-refractivity contribution in [2.45, 2.75) is 6.92 Å². The minimum absolute atomic E-state index is 0.355. The van der Waals surface area contributed by atoms with Gasteiger partial charge in [-0.1, -0.05) is 12.1 Å². The number of nitrogens with zero attached hydrogens (tertiary/aromatic N) is 4. The maximum atomic E-state index is 11.4. The van der Waals surface area contributed by atoms with E-state index in [-0.39, 0.29) is 5.97 Å². The van der Waals surface area contributed by atoms with Gasteiger partial charge in [-0.3, -0.25) is 5.10 Å². The summed E-state index contributed by atoms with van der Waals surface area (Å²) in [6.07, 6.45) is 1.62. The predicted octanol–water partition coefficient (Wildman–Crippen LogP) is 2.31. The largest absolute Gasteiger partial charge is 0.465 e. The molecule has 2 aromatic heterocycles. The first-order valence-corrected chi connectivity index (χ1v) is 7.42. The molecule has 0 saturated heterocycles. The zero-order valence-electron chi connectivity index (χ0n) is 13.0. The van der Waals surface area contributed by atoms with E-state index in [4.69, 9.17) is 12.2 Å². The van der Waals surface area contributed by atoms with E-state index >= 15 is 0 Å². The van der Waals surface area contributed by atoms with Gasteiger partial charge in [-0.05, 0) is 42.9 Å². The molecule has 122 valence electrons. The molecule has 9 heteroatoms. The third-order valence-corrected chi connectivity index (χ3v) is 3.50. The topological polar surface area (TPSA) is 101 Å². The van der Waals surface area contributed by atoms with E-state index < -0.39 is 0 Å². The Morgan fingerprint density at radius 2 is 2.04 bits per heavy atom. The number of H-pyrrole nitrogens is 2. The number of methoxy groups -OCH3 is 1. The van der Waals surface area contributed by atoms with Crippen molar-refractivity contribution < 1.29 is 9.53 Å². The van der Waals surface area contributed by atoms with Crippen molar-refractivity contribution in [1.82, 2.24) is 25.1 Å². The van der Waals surface area contributed by atoms with E-state index in [0.717, 1.165) is 11.3 Å². The van der Waals surface area contributed by atoms with Gasteiger partial charge in [0.15, 0.2) is 0 Å². The molecule has 0 saturated carbocycles. The number of carbonyl (C=O) groups excluding carboxylic acids is 1. The SMILES string of the molecule is COC(=O)c1ccc(/C=N/n2c(-c3cc(C)[nH]n3)n[nH]c2=S)cc1. The van der Waals surface area contributed by atoms with Crippen LogP contribution < -0.4 is 0 Å². The third-order valence-electron chi connectivity index (χ3n) is 3.24. The van der Waals surface area contributed by atoms with E-state index in [2.05, 4.69) is 30.2 Å². The number of ether oxygens (including phenoxy) is 1. The lowest BCUT2D eigenvalue weighted by atomic mass is 10.1. The quantitative estimate of drug-likeness (QED) is 0.430. The fourth-order valence-corrected chi connectivity index (χ4v) is 2.22. The summed E-state index contributed by atoms with van der Waals surface area (Å²) in [5.74, 6) is 0.124. The Kier molecular flexibility index (Phi) is 4.34. The molecule has 0 amide bonds. The summed E-state index contributed by atoms with van der Waals surface area (Å²) in [5.41, 5.74) is 2.82. The molecular formula is C15H14N6O2S. The van der Waals surface area contributed by atoms with Crippen molar-refractivity contribution in [3.8, 4) is 11.5 Å². The molecule has 0 aliphatic rings. The van der Waals surface area contributed by atoms with Crippen molar-refractivity contribution in [2.24, 2.45) is 5.10 Å². The van der Waals surface area contributed by atoms with Crippen molar-refractivity contribution >= 4 is 24.4 Å². The van der Waals surface area contributed by atoms with Crippen LogP contribution in [0, 0.1) is 11.7 Å². The summed E-state index contributed by atoms with van der Waals surface area (Å²) in [5, 5.41) is 18.2. The van der Waals surface area contributed by atoms with Crippen molar-refractivity contribution in [1.29, 1.82) is 0 Å². The average molecular weight is 342 g/mol. The lowest BCUT2D eigenvalue weighted by molar-refractivity contribution is 0.0600. The van der Waals surface area contributed by atoms with Gasteiger partial charge in [0, 0.05) is 5.69 Å². The predicted molar refractivity (Wildman–Crippen MR) is 90.5 cm³/mol. The van der Waals surface area contributed by atoms with Gasteiger partial charge >= 0.3 is 5.97 Å². The molecule has 0 spiro atoms. The number of rotatable bonds is 4. The van der Waals surface area contributed by atoms with Crippen LogP contribution in [-0.2, 0) is 4.74 Å². The Morgan fingerprint density at radius 3 is 2.67 bits per heavy atom. The molecule has 0 atom stereocenters. The highest BCUT2D eigenvalue weighted by atomic mass is 32.1. The van der Waals surface area contributed by atoms with Gasteiger partial charge in [0.2, 0.25) is 10.6 Å². The summed E-state index contributed by atoms with van der Waals surface area (Å²) in [4.78, 5) is 11.4. The van der Waals surface area contributed by atoms with Gasteiger partial charge in [0.05, 0.1) is 18.9 Å². The monoisotopic (exact) mass is 342 g/mol. The zero-order chi connectivity index (χ0) is 17.1. The Bertz CT molecular complexity index is 951. The van der Waals surface area contributed by atoms with Crippen molar-refractivity contribution in [2.75, 3.05) is 7.11 Å². The number of aryl methyl sites for hydroxylation is 1. The Labute approximate surface area is 142 Å². The summed E-state index contributed by atoms with van der Waals surface area (Å²) in [6, 6.07) is 8.71. The van der Waals surface area contributed by atoms with Crippen LogP contribution in [0.5, 0.6) is 0 Å². The smallest absolute Gasteiger partial charge is 0.337 e. The lowest BCUT2D eigenvalue weighted by Crippen LogP contribution is -2.01. The number of hydrogen-bond acceptors (Lipinski definition) is 6. The second-order valence-electron chi connectivity index (χ2n) is 4.96. The number of aromatic nitrogens is 5. The van der Waals surface area contributed by atoms with Gasteiger partial charge < -0.3 is 4.74 Å². The molecule has 0 unspecified atom stereocenters. The first-order valence-electron chi connectivity index (χ1n) is 7.01. The van der Waals surface area contributed by atoms with Gasteiger partial charge in [0.25, 0.3) is 0 Å². The molecule has 2 N–H and O–H groups in total.